The van der Waals surface area contributed by atoms with Crippen LogP contribution in [0.25, 0.3) is 10.8 Å². The lowest BCUT2D eigenvalue weighted by Gasteiger charge is -2.26. The van der Waals surface area contributed by atoms with Crippen LogP contribution in [-0.4, -0.2) is 28.2 Å². The molecule has 0 aliphatic rings. The standard InChI is InChI=1S/C15H20N4O2/c1-3-15(16,4-2)9-17-14(21)12-10-7-5-6-8-11(10)13(20)19-18-12/h5-8H,3-4,9,16H2,1-2H3,(H,17,21)(H,19,20). The summed E-state index contributed by atoms with van der Waals surface area (Å²) in [6.07, 6.45) is 1.53. The number of nitrogens with two attached hydrogens (primary N) is 1. The summed E-state index contributed by atoms with van der Waals surface area (Å²) in [7, 11) is 0. The molecule has 0 spiro atoms. The third-order valence-electron chi connectivity index (χ3n) is 3.92. The molecular weight excluding hydrogens is 268 g/mol. The molecule has 0 radical (unpaired) electrons. The average molecular weight is 288 g/mol. The molecule has 0 saturated heterocycles. The van der Waals surface area contributed by atoms with Gasteiger partial charge in [-0.1, -0.05) is 32.0 Å². The number of carbonyl (C=O) groups excluding carboxylic acids is 1. The van der Waals surface area contributed by atoms with E-state index in [1.807, 2.05) is 13.8 Å². The van der Waals surface area contributed by atoms with E-state index in [1.165, 1.54) is 0 Å². The molecule has 2 aromatic rings. The third-order valence-corrected chi connectivity index (χ3v) is 3.92. The number of rotatable bonds is 5. The van der Waals surface area contributed by atoms with E-state index < -0.39 is 5.54 Å². The van der Waals surface area contributed by atoms with Crippen molar-refractivity contribution < 1.29 is 4.79 Å². The number of aromatic nitrogens is 2. The number of hydrogen-bond donors (Lipinski definition) is 3. The van der Waals surface area contributed by atoms with Crippen molar-refractivity contribution in [3.8, 4) is 0 Å². The molecule has 4 N–H and O–H groups in total. The number of hydrogen-bond acceptors (Lipinski definition) is 4. The lowest BCUT2D eigenvalue weighted by molar-refractivity contribution is 0.0938. The van der Waals surface area contributed by atoms with Crippen LogP contribution in [0.15, 0.2) is 29.1 Å². The van der Waals surface area contributed by atoms with Gasteiger partial charge in [0, 0.05) is 17.5 Å². The maximum atomic E-state index is 12.3. The van der Waals surface area contributed by atoms with E-state index in [-0.39, 0.29) is 17.2 Å². The number of benzene rings is 1. The first kappa shape index (κ1) is 15.2. The normalized spacial score (nSPS) is 11.6. The van der Waals surface area contributed by atoms with Gasteiger partial charge in [0.05, 0.1) is 5.39 Å². The molecule has 2 rings (SSSR count). The van der Waals surface area contributed by atoms with Gasteiger partial charge < -0.3 is 11.1 Å². The summed E-state index contributed by atoms with van der Waals surface area (Å²) in [6, 6.07) is 6.89. The molecule has 21 heavy (non-hydrogen) atoms. The van der Waals surface area contributed by atoms with Gasteiger partial charge in [-0.25, -0.2) is 5.10 Å². The van der Waals surface area contributed by atoms with Gasteiger partial charge in [0.25, 0.3) is 11.5 Å². The summed E-state index contributed by atoms with van der Waals surface area (Å²) >= 11 is 0. The second-order valence-electron chi connectivity index (χ2n) is 5.20. The van der Waals surface area contributed by atoms with Gasteiger partial charge in [0.15, 0.2) is 5.69 Å². The Balaban J connectivity index is 2.29. The van der Waals surface area contributed by atoms with Crippen LogP contribution in [0.4, 0.5) is 0 Å². The van der Waals surface area contributed by atoms with Crippen molar-refractivity contribution in [2.24, 2.45) is 5.73 Å². The number of nitrogens with zero attached hydrogens (tertiary/aromatic N) is 1. The minimum atomic E-state index is -0.423. The van der Waals surface area contributed by atoms with Crippen LogP contribution >= 0.6 is 0 Å². The highest BCUT2D eigenvalue weighted by Crippen LogP contribution is 2.13. The van der Waals surface area contributed by atoms with Crippen molar-refractivity contribution in [2.45, 2.75) is 32.2 Å². The maximum Gasteiger partial charge on any atom is 0.272 e. The Morgan fingerprint density at radius 3 is 2.52 bits per heavy atom. The molecule has 1 aromatic heterocycles. The molecule has 0 fully saturated rings. The minimum absolute atomic E-state index is 0.208. The van der Waals surface area contributed by atoms with Crippen LogP contribution in [-0.2, 0) is 0 Å². The topological polar surface area (TPSA) is 101 Å². The smallest absolute Gasteiger partial charge is 0.272 e. The van der Waals surface area contributed by atoms with Crippen LogP contribution in [0.5, 0.6) is 0 Å². The summed E-state index contributed by atoms with van der Waals surface area (Å²) in [4.78, 5) is 24.0. The Hall–Kier alpha value is -2.21. The van der Waals surface area contributed by atoms with E-state index in [1.54, 1.807) is 24.3 Å². The first-order valence-electron chi connectivity index (χ1n) is 7.05. The molecule has 0 unspecified atom stereocenters. The van der Waals surface area contributed by atoms with Crippen molar-refractivity contribution in [1.82, 2.24) is 15.5 Å². The third kappa shape index (κ3) is 3.11. The van der Waals surface area contributed by atoms with Gasteiger partial charge in [-0.3, -0.25) is 9.59 Å². The Bertz CT molecular complexity index is 704. The van der Waals surface area contributed by atoms with Crippen LogP contribution in [0.2, 0.25) is 0 Å². The zero-order valence-corrected chi connectivity index (χ0v) is 12.3. The molecular formula is C15H20N4O2. The highest BCUT2D eigenvalue weighted by molar-refractivity contribution is 6.04. The molecule has 6 nitrogen and oxygen atoms in total. The Kier molecular flexibility index (Phi) is 4.37. The van der Waals surface area contributed by atoms with Crippen LogP contribution in [0, 0.1) is 0 Å². The Morgan fingerprint density at radius 1 is 1.29 bits per heavy atom. The summed E-state index contributed by atoms with van der Waals surface area (Å²) in [6.45, 7) is 4.35. The fraction of sp³-hybridized carbons (Fsp3) is 0.400. The minimum Gasteiger partial charge on any atom is -0.349 e. The molecule has 1 aromatic carbocycles. The maximum absolute atomic E-state index is 12.3. The van der Waals surface area contributed by atoms with Crippen molar-refractivity contribution >= 4 is 16.7 Å². The van der Waals surface area contributed by atoms with Crippen molar-refractivity contribution in [3.05, 3.63) is 40.3 Å². The van der Waals surface area contributed by atoms with Crippen LogP contribution in [0.3, 0.4) is 0 Å². The van der Waals surface area contributed by atoms with Gasteiger partial charge in [-0.05, 0) is 18.9 Å². The second kappa shape index (κ2) is 6.05. The van der Waals surface area contributed by atoms with E-state index in [4.69, 9.17) is 5.73 Å². The summed E-state index contributed by atoms with van der Waals surface area (Å²) in [5.41, 5.74) is 5.64. The van der Waals surface area contributed by atoms with Crippen LogP contribution < -0.4 is 16.6 Å². The van der Waals surface area contributed by atoms with Gasteiger partial charge in [0.2, 0.25) is 0 Å². The molecule has 0 aliphatic heterocycles. The van der Waals surface area contributed by atoms with Crippen molar-refractivity contribution in [2.75, 3.05) is 6.54 Å². The quantitative estimate of drug-likeness (QED) is 0.768. The molecule has 1 amide bonds. The molecule has 0 saturated carbocycles. The van der Waals surface area contributed by atoms with E-state index in [9.17, 15) is 9.59 Å². The Morgan fingerprint density at radius 2 is 1.90 bits per heavy atom. The van der Waals surface area contributed by atoms with E-state index in [2.05, 4.69) is 15.5 Å². The second-order valence-corrected chi connectivity index (χ2v) is 5.20. The fourth-order valence-corrected chi connectivity index (χ4v) is 2.13. The predicted molar refractivity (Wildman–Crippen MR) is 82.2 cm³/mol. The summed E-state index contributed by atoms with van der Waals surface area (Å²) in [5, 5.41) is 10.0. The monoisotopic (exact) mass is 288 g/mol. The number of nitrogens with one attached hydrogen (secondary N) is 2. The number of carbonyl (C=O) groups is 1. The van der Waals surface area contributed by atoms with Crippen molar-refractivity contribution in [3.63, 3.8) is 0 Å². The number of fused-ring (bicyclic) bond motifs is 1. The molecule has 0 atom stereocenters. The first-order chi connectivity index (χ1) is 10.0. The lowest BCUT2D eigenvalue weighted by atomic mass is 9.94. The van der Waals surface area contributed by atoms with E-state index in [0.29, 0.717) is 17.3 Å². The predicted octanol–water partition coefficient (Wildman–Crippen LogP) is 1.17. The number of H-pyrrole nitrogens is 1. The SMILES string of the molecule is CCC(N)(CC)CNC(=O)c1n[nH]c(=O)c2ccccc12. The van der Waals surface area contributed by atoms with Crippen molar-refractivity contribution in [1.29, 1.82) is 0 Å². The summed E-state index contributed by atoms with van der Waals surface area (Å²) in [5.74, 6) is -0.334. The number of aromatic amines is 1. The number of amides is 1. The van der Waals surface area contributed by atoms with Gasteiger partial charge >= 0.3 is 0 Å². The van der Waals surface area contributed by atoms with Gasteiger partial charge in [-0.15, -0.1) is 0 Å². The van der Waals surface area contributed by atoms with Gasteiger partial charge in [-0.2, -0.15) is 5.10 Å². The highest BCUT2D eigenvalue weighted by Gasteiger charge is 2.22. The zero-order chi connectivity index (χ0) is 15.5. The van der Waals surface area contributed by atoms with Gasteiger partial charge in [0.1, 0.15) is 0 Å². The fourth-order valence-electron chi connectivity index (χ4n) is 2.13. The lowest BCUT2D eigenvalue weighted by Crippen LogP contribution is -2.49. The van der Waals surface area contributed by atoms with E-state index >= 15 is 0 Å². The van der Waals surface area contributed by atoms with E-state index in [0.717, 1.165) is 12.8 Å². The first-order valence-corrected chi connectivity index (χ1v) is 7.05. The Labute approximate surface area is 122 Å². The average Bonchev–Trinajstić information content (AvgIpc) is 2.53. The molecule has 112 valence electrons. The molecule has 6 heteroatoms. The zero-order valence-electron chi connectivity index (χ0n) is 12.3. The summed E-state index contributed by atoms with van der Waals surface area (Å²) < 4.78 is 0. The molecule has 0 bridgehead atoms. The molecule has 0 aliphatic carbocycles. The largest absolute Gasteiger partial charge is 0.349 e. The highest BCUT2D eigenvalue weighted by atomic mass is 16.2. The van der Waals surface area contributed by atoms with Crippen LogP contribution in [0.1, 0.15) is 37.2 Å². The molecule has 1 heterocycles.